The normalized spacial score (nSPS) is 10.8. The Morgan fingerprint density at radius 2 is 1.89 bits per heavy atom. The van der Waals surface area contributed by atoms with Gasteiger partial charge in [-0.1, -0.05) is 42.5 Å². The average Bonchev–Trinajstić information content (AvgIpc) is 3.08. The Bertz CT molecular complexity index is 1140. The van der Waals surface area contributed by atoms with Crippen LogP contribution in [0, 0.1) is 0 Å². The second kappa shape index (κ2) is 7.66. The Morgan fingerprint density at radius 3 is 2.68 bits per heavy atom. The number of carbonyl (C=O) groups is 1. The summed E-state index contributed by atoms with van der Waals surface area (Å²) in [6, 6.07) is 18.9. The van der Waals surface area contributed by atoms with Gasteiger partial charge in [-0.05, 0) is 34.9 Å². The molecule has 4 rings (SSSR count). The number of carbonyl (C=O) groups excluding carboxylic acids is 1. The van der Waals surface area contributed by atoms with E-state index in [-0.39, 0.29) is 17.9 Å². The van der Waals surface area contributed by atoms with Crippen molar-refractivity contribution < 1.29 is 14.3 Å². The highest BCUT2D eigenvalue weighted by Crippen LogP contribution is 2.34. The van der Waals surface area contributed by atoms with E-state index in [2.05, 4.69) is 15.3 Å². The average molecular weight is 395 g/mol. The standard InChI is InChI=1S/C20H15ClN4O3/c1-13(26)27-12-14-7-8-16(15-5-3-2-4-6-15)17(11-14)28-19-10-9-18-22-23-20(21)25(18)24-19/h2-11H,12H2,1H3. The Hall–Kier alpha value is -3.45. The molecule has 0 aliphatic rings. The first-order valence-electron chi connectivity index (χ1n) is 8.48. The van der Waals surface area contributed by atoms with Crippen LogP contribution in [0.3, 0.4) is 0 Å². The summed E-state index contributed by atoms with van der Waals surface area (Å²) in [5, 5.41) is 12.1. The summed E-state index contributed by atoms with van der Waals surface area (Å²) in [7, 11) is 0. The summed E-state index contributed by atoms with van der Waals surface area (Å²) in [4.78, 5) is 11.1. The smallest absolute Gasteiger partial charge is 0.302 e. The molecule has 2 heterocycles. The molecular weight excluding hydrogens is 380 g/mol. The fourth-order valence-electron chi connectivity index (χ4n) is 2.70. The lowest BCUT2D eigenvalue weighted by Gasteiger charge is -2.13. The Kier molecular flexibility index (Phi) is 4.90. The highest BCUT2D eigenvalue weighted by molar-refractivity contribution is 6.28. The molecule has 8 heteroatoms. The van der Waals surface area contributed by atoms with Crippen molar-refractivity contribution in [2.24, 2.45) is 0 Å². The van der Waals surface area contributed by atoms with E-state index in [4.69, 9.17) is 21.1 Å². The zero-order valence-corrected chi connectivity index (χ0v) is 15.6. The monoisotopic (exact) mass is 394 g/mol. The molecule has 0 spiro atoms. The van der Waals surface area contributed by atoms with Crippen LogP contribution < -0.4 is 4.74 Å². The van der Waals surface area contributed by atoms with Crippen LogP contribution in [0.5, 0.6) is 11.6 Å². The number of nitrogens with zero attached hydrogens (tertiary/aromatic N) is 4. The van der Waals surface area contributed by atoms with Gasteiger partial charge in [-0.25, -0.2) is 0 Å². The Labute approximate surface area is 165 Å². The van der Waals surface area contributed by atoms with E-state index >= 15 is 0 Å². The molecule has 0 aliphatic carbocycles. The number of esters is 1. The van der Waals surface area contributed by atoms with Gasteiger partial charge in [0.2, 0.25) is 11.2 Å². The van der Waals surface area contributed by atoms with Gasteiger partial charge < -0.3 is 9.47 Å². The maximum atomic E-state index is 11.1. The van der Waals surface area contributed by atoms with Crippen molar-refractivity contribution in [3.63, 3.8) is 0 Å². The molecule has 2 aromatic heterocycles. The molecule has 0 bridgehead atoms. The number of fused-ring (bicyclic) bond motifs is 1. The van der Waals surface area contributed by atoms with Gasteiger partial charge in [0.1, 0.15) is 12.4 Å². The van der Waals surface area contributed by atoms with E-state index in [0.29, 0.717) is 17.3 Å². The van der Waals surface area contributed by atoms with Gasteiger partial charge in [-0.3, -0.25) is 4.79 Å². The molecule has 140 valence electrons. The third kappa shape index (κ3) is 3.79. The minimum Gasteiger partial charge on any atom is -0.461 e. The predicted molar refractivity (Wildman–Crippen MR) is 103 cm³/mol. The van der Waals surface area contributed by atoms with Crippen LogP contribution >= 0.6 is 11.6 Å². The SMILES string of the molecule is CC(=O)OCc1ccc(-c2ccccc2)c(Oc2ccc3nnc(Cl)n3n2)c1. The van der Waals surface area contributed by atoms with Crippen LogP contribution in [0.25, 0.3) is 16.8 Å². The largest absolute Gasteiger partial charge is 0.461 e. The first-order valence-corrected chi connectivity index (χ1v) is 8.85. The fourth-order valence-corrected chi connectivity index (χ4v) is 2.86. The minimum absolute atomic E-state index is 0.146. The zero-order valence-electron chi connectivity index (χ0n) is 14.9. The number of ether oxygens (including phenoxy) is 2. The van der Waals surface area contributed by atoms with Crippen molar-refractivity contribution in [1.82, 2.24) is 19.8 Å². The second-order valence-electron chi connectivity index (χ2n) is 5.99. The molecule has 4 aromatic rings. The van der Waals surface area contributed by atoms with Gasteiger partial charge in [0.25, 0.3) is 0 Å². The van der Waals surface area contributed by atoms with Crippen molar-refractivity contribution >= 4 is 23.2 Å². The molecule has 0 amide bonds. The van der Waals surface area contributed by atoms with E-state index in [1.165, 1.54) is 11.4 Å². The first-order chi connectivity index (χ1) is 13.6. The molecule has 0 saturated carbocycles. The molecule has 0 aliphatic heterocycles. The zero-order chi connectivity index (χ0) is 19.5. The molecule has 28 heavy (non-hydrogen) atoms. The number of hydrogen-bond acceptors (Lipinski definition) is 6. The van der Waals surface area contributed by atoms with Crippen molar-refractivity contribution in [3.05, 3.63) is 71.5 Å². The van der Waals surface area contributed by atoms with E-state index < -0.39 is 0 Å². The first kappa shape index (κ1) is 17.9. The summed E-state index contributed by atoms with van der Waals surface area (Å²) in [6.45, 7) is 1.53. The third-order valence-corrected chi connectivity index (χ3v) is 4.22. The van der Waals surface area contributed by atoms with Gasteiger partial charge in [-0.2, -0.15) is 4.52 Å². The lowest BCUT2D eigenvalue weighted by Crippen LogP contribution is -2.00. The third-order valence-electron chi connectivity index (χ3n) is 3.99. The number of aromatic nitrogens is 4. The fraction of sp³-hybridized carbons (Fsp3) is 0.100. The summed E-state index contributed by atoms with van der Waals surface area (Å²) in [5.74, 6) is 0.562. The van der Waals surface area contributed by atoms with Gasteiger partial charge in [0, 0.05) is 18.6 Å². The van der Waals surface area contributed by atoms with E-state index in [0.717, 1.165) is 16.7 Å². The van der Waals surface area contributed by atoms with E-state index in [1.807, 2.05) is 48.5 Å². The topological polar surface area (TPSA) is 78.6 Å². The highest BCUT2D eigenvalue weighted by atomic mass is 35.5. The van der Waals surface area contributed by atoms with Gasteiger partial charge in [0.05, 0.1) is 0 Å². The minimum atomic E-state index is -0.344. The molecule has 7 nitrogen and oxygen atoms in total. The summed E-state index contributed by atoms with van der Waals surface area (Å²) in [5.41, 5.74) is 3.18. The van der Waals surface area contributed by atoms with Crippen molar-refractivity contribution in [3.8, 4) is 22.8 Å². The van der Waals surface area contributed by atoms with E-state index in [9.17, 15) is 4.79 Å². The molecular formula is C20H15ClN4O3. The summed E-state index contributed by atoms with van der Waals surface area (Å²) < 4.78 is 12.5. The maximum Gasteiger partial charge on any atom is 0.302 e. The maximum absolute atomic E-state index is 11.1. The molecule has 0 atom stereocenters. The quantitative estimate of drug-likeness (QED) is 0.469. The number of hydrogen-bond donors (Lipinski definition) is 0. The lowest BCUT2D eigenvalue weighted by atomic mass is 10.0. The van der Waals surface area contributed by atoms with Crippen molar-refractivity contribution in [2.45, 2.75) is 13.5 Å². The van der Waals surface area contributed by atoms with Crippen LogP contribution in [0.15, 0.2) is 60.7 Å². The van der Waals surface area contributed by atoms with Crippen LogP contribution in [0.4, 0.5) is 0 Å². The lowest BCUT2D eigenvalue weighted by molar-refractivity contribution is -0.142. The van der Waals surface area contributed by atoms with Crippen LogP contribution in [-0.4, -0.2) is 25.8 Å². The van der Waals surface area contributed by atoms with E-state index in [1.54, 1.807) is 12.1 Å². The Balaban J connectivity index is 1.73. The molecule has 2 aromatic carbocycles. The van der Waals surface area contributed by atoms with Crippen LogP contribution in [-0.2, 0) is 16.1 Å². The molecule has 0 radical (unpaired) electrons. The molecule has 0 unspecified atom stereocenters. The van der Waals surface area contributed by atoms with Crippen molar-refractivity contribution in [2.75, 3.05) is 0 Å². The Morgan fingerprint density at radius 1 is 1.07 bits per heavy atom. The van der Waals surface area contributed by atoms with Gasteiger partial charge >= 0.3 is 5.97 Å². The summed E-state index contributed by atoms with van der Waals surface area (Å²) >= 11 is 5.99. The second-order valence-corrected chi connectivity index (χ2v) is 6.33. The van der Waals surface area contributed by atoms with Gasteiger partial charge in [-0.15, -0.1) is 15.3 Å². The van der Waals surface area contributed by atoms with Crippen LogP contribution in [0.2, 0.25) is 5.28 Å². The molecule has 0 saturated heterocycles. The molecule has 0 fully saturated rings. The number of benzene rings is 2. The summed E-state index contributed by atoms with van der Waals surface area (Å²) in [6.07, 6.45) is 0. The number of halogens is 1. The highest BCUT2D eigenvalue weighted by Gasteiger charge is 2.12. The molecule has 0 N–H and O–H groups in total. The van der Waals surface area contributed by atoms with Crippen LogP contribution in [0.1, 0.15) is 12.5 Å². The predicted octanol–water partition coefficient (Wildman–Crippen LogP) is 4.30. The number of rotatable bonds is 5. The van der Waals surface area contributed by atoms with Gasteiger partial charge in [0.15, 0.2) is 5.65 Å². The van der Waals surface area contributed by atoms with Crippen molar-refractivity contribution in [1.29, 1.82) is 0 Å².